The Morgan fingerprint density at radius 2 is 1.60 bits per heavy atom. The topological polar surface area (TPSA) is 3.24 Å². The molecule has 2 rings (SSSR count). The second kappa shape index (κ2) is 7.26. The van der Waals surface area contributed by atoms with Gasteiger partial charge in [0.2, 0.25) is 0 Å². The van der Waals surface area contributed by atoms with E-state index in [1.807, 2.05) is 0 Å². The first kappa shape index (κ1) is 15.6. The molecule has 0 aromatic heterocycles. The summed E-state index contributed by atoms with van der Waals surface area (Å²) in [6.45, 7) is 8.29. The average Bonchev–Trinajstić information content (AvgIpc) is 2.47. The summed E-state index contributed by atoms with van der Waals surface area (Å²) in [7, 11) is 2.30. The van der Waals surface area contributed by atoms with E-state index in [0.29, 0.717) is 0 Å². The maximum atomic E-state index is 2.56. The van der Waals surface area contributed by atoms with Gasteiger partial charge in [-0.1, -0.05) is 51.1 Å². The Hall–Kier alpha value is -0.820. The lowest BCUT2D eigenvalue weighted by Crippen LogP contribution is -2.36. The van der Waals surface area contributed by atoms with Crippen molar-refractivity contribution in [2.24, 2.45) is 17.8 Å². The van der Waals surface area contributed by atoms with Crippen LogP contribution >= 0.6 is 0 Å². The molecule has 1 heteroatoms. The van der Waals surface area contributed by atoms with Gasteiger partial charge in [0.25, 0.3) is 0 Å². The van der Waals surface area contributed by atoms with Crippen molar-refractivity contribution in [2.75, 3.05) is 7.05 Å². The summed E-state index contributed by atoms with van der Waals surface area (Å²) < 4.78 is 0. The summed E-state index contributed by atoms with van der Waals surface area (Å²) in [5.74, 6) is 2.67. The van der Waals surface area contributed by atoms with Crippen LogP contribution in [-0.2, 0) is 6.54 Å². The van der Waals surface area contributed by atoms with Gasteiger partial charge >= 0.3 is 0 Å². The molecule has 0 amide bonds. The van der Waals surface area contributed by atoms with E-state index in [0.717, 1.165) is 30.3 Å². The molecule has 1 fully saturated rings. The number of hydrogen-bond donors (Lipinski definition) is 0. The monoisotopic (exact) mass is 273 g/mol. The smallest absolute Gasteiger partial charge is 0.0233 e. The largest absolute Gasteiger partial charge is 0.299 e. The van der Waals surface area contributed by atoms with Crippen molar-refractivity contribution >= 4 is 0 Å². The normalized spacial score (nSPS) is 25.1. The first-order valence-electron chi connectivity index (χ1n) is 8.32. The first-order chi connectivity index (χ1) is 9.58. The van der Waals surface area contributed by atoms with Crippen molar-refractivity contribution in [3.05, 3.63) is 35.9 Å². The fourth-order valence-corrected chi connectivity index (χ4v) is 3.61. The molecular weight excluding hydrogens is 242 g/mol. The zero-order chi connectivity index (χ0) is 14.5. The summed E-state index contributed by atoms with van der Waals surface area (Å²) in [5, 5.41) is 0. The van der Waals surface area contributed by atoms with E-state index in [1.54, 1.807) is 0 Å². The van der Waals surface area contributed by atoms with Crippen LogP contribution in [-0.4, -0.2) is 18.0 Å². The molecule has 0 radical (unpaired) electrons. The highest BCUT2D eigenvalue weighted by atomic mass is 15.1. The molecule has 20 heavy (non-hydrogen) atoms. The highest BCUT2D eigenvalue weighted by Crippen LogP contribution is 2.35. The van der Waals surface area contributed by atoms with Crippen LogP contribution in [0.4, 0.5) is 0 Å². The Bertz CT molecular complexity index is 376. The number of hydrogen-bond acceptors (Lipinski definition) is 1. The minimum Gasteiger partial charge on any atom is -0.299 e. The molecule has 0 spiro atoms. The van der Waals surface area contributed by atoms with Gasteiger partial charge < -0.3 is 0 Å². The molecule has 112 valence electrons. The summed E-state index contributed by atoms with van der Waals surface area (Å²) in [4.78, 5) is 2.56. The van der Waals surface area contributed by atoms with E-state index in [-0.39, 0.29) is 0 Å². The van der Waals surface area contributed by atoms with Crippen LogP contribution < -0.4 is 0 Å². The third-order valence-corrected chi connectivity index (χ3v) is 5.43. The molecule has 0 heterocycles. The second-order valence-electron chi connectivity index (χ2n) is 7.07. The van der Waals surface area contributed by atoms with Gasteiger partial charge in [-0.05, 0) is 56.0 Å². The fourth-order valence-electron chi connectivity index (χ4n) is 3.61. The molecule has 1 aromatic carbocycles. The van der Waals surface area contributed by atoms with Gasteiger partial charge in [-0.2, -0.15) is 0 Å². The maximum absolute atomic E-state index is 2.56. The summed E-state index contributed by atoms with van der Waals surface area (Å²) in [6.07, 6.45) is 5.60. The minimum atomic E-state index is 0.783. The van der Waals surface area contributed by atoms with Gasteiger partial charge in [-0.25, -0.2) is 0 Å². The predicted molar refractivity (Wildman–Crippen MR) is 87.7 cm³/mol. The van der Waals surface area contributed by atoms with Crippen molar-refractivity contribution in [1.29, 1.82) is 0 Å². The maximum Gasteiger partial charge on any atom is 0.0233 e. The van der Waals surface area contributed by atoms with Gasteiger partial charge in [0.15, 0.2) is 0 Å². The van der Waals surface area contributed by atoms with Gasteiger partial charge in [-0.15, -0.1) is 0 Å². The molecule has 1 unspecified atom stereocenters. The van der Waals surface area contributed by atoms with E-state index in [4.69, 9.17) is 0 Å². The Labute approximate surface area is 125 Å². The van der Waals surface area contributed by atoms with Crippen molar-refractivity contribution in [1.82, 2.24) is 4.90 Å². The van der Waals surface area contributed by atoms with Gasteiger partial charge in [0.1, 0.15) is 0 Å². The van der Waals surface area contributed by atoms with Crippen molar-refractivity contribution in [2.45, 2.75) is 59.0 Å². The lowest BCUT2D eigenvalue weighted by molar-refractivity contribution is 0.125. The Balaban J connectivity index is 1.81. The third kappa shape index (κ3) is 4.09. The van der Waals surface area contributed by atoms with Crippen molar-refractivity contribution < 1.29 is 0 Å². The lowest BCUT2D eigenvalue weighted by Gasteiger charge is -2.38. The lowest BCUT2D eigenvalue weighted by atomic mass is 9.74. The summed E-state index contributed by atoms with van der Waals surface area (Å²) in [6, 6.07) is 11.6. The molecule has 1 saturated carbocycles. The van der Waals surface area contributed by atoms with Crippen LogP contribution in [0.1, 0.15) is 52.0 Å². The zero-order valence-electron chi connectivity index (χ0n) is 13.7. The van der Waals surface area contributed by atoms with Crippen LogP contribution in [0, 0.1) is 17.8 Å². The van der Waals surface area contributed by atoms with Crippen LogP contribution in [0.15, 0.2) is 30.3 Å². The minimum absolute atomic E-state index is 0.783. The van der Waals surface area contributed by atoms with E-state index in [9.17, 15) is 0 Å². The first-order valence-corrected chi connectivity index (χ1v) is 8.32. The van der Waals surface area contributed by atoms with Crippen molar-refractivity contribution in [3.63, 3.8) is 0 Å². The Morgan fingerprint density at radius 3 is 2.15 bits per heavy atom. The fraction of sp³-hybridized carbons (Fsp3) is 0.684. The number of benzene rings is 1. The number of nitrogens with zero attached hydrogens (tertiary/aromatic N) is 1. The molecule has 1 nitrogen and oxygen atoms in total. The van der Waals surface area contributed by atoms with Crippen LogP contribution in [0.3, 0.4) is 0 Å². The molecule has 0 saturated heterocycles. The summed E-state index contributed by atoms with van der Waals surface area (Å²) >= 11 is 0. The molecule has 0 N–H and O–H groups in total. The van der Waals surface area contributed by atoms with Gasteiger partial charge in [-0.3, -0.25) is 4.90 Å². The van der Waals surface area contributed by atoms with Gasteiger partial charge in [0.05, 0.1) is 0 Å². The highest BCUT2D eigenvalue weighted by Gasteiger charge is 2.28. The molecule has 0 aliphatic heterocycles. The molecule has 1 atom stereocenters. The average molecular weight is 273 g/mol. The predicted octanol–water partition coefficient (Wildman–Crippen LogP) is 4.97. The van der Waals surface area contributed by atoms with E-state index >= 15 is 0 Å². The molecule has 0 bridgehead atoms. The molecular formula is C19H31N. The van der Waals surface area contributed by atoms with E-state index in [1.165, 1.54) is 31.2 Å². The van der Waals surface area contributed by atoms with Crippen LogP contribution in [0.25, 0.3) is 0 Å². The van der Waals surface area contributed by atoms with Crippen molar-refractivity contribution in [3.8, 4) is 0 Å². The van der Waals surface area contributed by atoms with Crippen LogP contribution in [0.5, 0.6) is 0 Å². The Kier molecular flexibility index (Phi) is 5.65. The van der Waals surface area contributed by atoms with Crippen LogP contribution in [0.2, 0.25) is 0 Å². The molecule has 1 aromatic rings. The quantitative estimate of drug-likeness (QED) is 0.732. The molecule has 1 aliphatic rings. The third-order valence-electron chi connectivity index (χ3n) is 5.43. The molecule has 1 aliphatic carbocycles. The SMILES string of the molecule is CC(C)C(C)C1CCC(N(C)Cc2ccccc2)CC1. The van der Waals surface area contributed by atoms with E-state index in [2.05, 4.69) is 63.1 Å². The highest BCUT2D eigenvalue weighted by molar-refractivity contribution is 5.14. The Morgan fingerprint density at radius 1 is 1.00 bits per heavy atom. The zero-order valence-corrected chi connectivity index (χ0v) is 13.7. The standard InChI is InChI=1S/C19H31N/c1-15(2)16(3)18-10-12-19(13-11-18)20(4)14-17-8-6-5-7-9-17/h5-9,15-16,18-19H,10-14H2,1-4H3. The second-order valence-corrected chi connectivity index (χ2v) is 7.07. The summed E-state index contributed by atoms with van der Waals surface area (Å²) in [5.41, 5.74) is 1.44. The number of rotatable bonds is 5. The van der Waals surface area contributed by atoms with E-state index < -0.39 is 0 Å². The van der Waals surface area contributed by atoms with Gasteiger partial charge in [0, 0.05) is 12.6 Å².